The molecule has 5 heteroatoms. The molecule has 0 bridgehead atoms. The number of aliphatic carboxylic acids is 1. The van der Waals surface area contributed by atoms with Gasteiger partial charge in [-0.05, 0) is 74.2 Å². The standard InChI is InChI=1S/C23H30O5/c1-21-7-3-14(24)11-13(21)12-15(20(26)27)19-16(21)4-8-22(2)17(19)5-9-23(22)10-6-18(25)28-23/h11,15-17,19H,3-10,12H2,1-2H3,(H,26,27)/t15-,16?,17?,19?,21+,22+,23-/m1/s1. The molecule has 0 aromatic carbocycles. The van der Waals surface area contributed by atoms with E-state index < -0.39 is 11.9 Å². The third kappa shape index (κ3) is 2.16. The molecule has 5 nitrogen and oxygen atoms in total. The molecule has 5 rings (SSSR count). The maximum atomic E-state index is 12.3. The Balaban J connectivity index is 1.57. The Morgan fingerprint density at radius 2 is 1.82 bits per heavy atom. The Kier molecular flexibility index (Phi) is 3.74. The minimum absolute atomic E-state index is 0.0615. The number of rotatable bonds is 1. The fourth-order valence-corrected chi connectivity index (χ4v) is 8.11. The molecule has 0 amide bonds. The van der Waals surface area contributed by atoms with Crippen molar-refractivity contribution in [1.29, 1.82) is 0 Å². The minimum Gasteiger partial charge on any atom is -0.481 e. The highest BCUT2D eigenvalue weighted by atomic mass is 16.6. The Bertz CT molecular complexity index is 799. The van der Waals surface area contributed by atoms with Crippen LogP contribution in [-0.4, -0.2) is 28.4 Å². The van der Waals surface area contributed by atoms with Crippen molar-refractivity contribution in [2.45, 2.75) is 77.2 Å². The van der Waals surface area contributed by atoms with Crippen LogP contribution >= 0.6 is 0 Å². The van der Waals surface area contributed by atoms with E-state index in [0.717, 1.165) is 44.1 Å². The number of ether oxygens (including phenoxy) is 1. The first-order valence-corrected chi connectivity index (χ1v) is 10.9. The zero-order valence-corrected chi connectivity index (χ0v) is 16.8. The third-order valence-corrected chi connectivity index (χ3v) is 9.66. The lowest BCUT2D eigenvalue weighted by atomic mass is 9.44. The molecule has 0 aromatic heterocycles. The molecular weight excluding hydrogens is 356 g/mol. The molecule has 1 N–H and O–H groups in total. The number of carboxylic acids is 1. The van der Waals surface area contributed by atoms with Crippen molar-refractivity contribution < 1.29 is 24.2 Å². The van der Waals surface area contributed by atoms with Gasteiger partial charge in [-0.15, -0.1) is 0 Å². The molecule has 1 spiro atoms. The first-order chi connectivity index (χ1) is 13.2. The monoisotopic (exact) mass is 386 g/mol. The van der Waals surface area contributed by atoms with E-state index in [4.69, 9.17) is 4.74 Å². The van der Waals surface area contributed by atoms with Crippen molar-refractivity contribution in [3.05, 3.63) is 11.6 Å². The van der Waals surface area contributed by atoms with E-state index in [-0.39, 0.29) is 40.0 Å². The Labute approximate surface area is 165 Å². The van der Waals surface area contributed by atoms with E-state index in [1.54, 1.807) is 6.08 Å². The van der Waals surface area contributed by atoms with Crippen molar-refractivity contribution in [1.82, 2.24) is 0 Å². The summed E-state index contributed by atoms with van der Waals surface area (Å²) in [6.07, 6.45) is 8.71. The second-order valence-corrected chi connectivity index (χ2v) is 10.5. The molecule has 4 aliphatic carbocycles. The second-order valence-electron chi connectivity index (χ2n) is 10.5. The summed E-state index contributed by atoms with van der Waals surface area (Å²) < 4.78 is 5.96. The number of fused-ring (bicyclic) bond motifs is 6. The van der Waals surface area contributed by atoms with Gasteiger partial charge in [0.05, 0.1) is 5.92 Å². The van der Waals surface area contributed by atoms with Gasteiger partial charge in [0.25, 0.3) is 0 Å². The minimum atomic E-state index is -0.732. The van der Waals surface area contributed by atoms with Crippen molar-refractivity contribution in [2.24, 2.45) is 34.5 Å². The van der Waals surface area contributed by atoms with Gasteiger partial charge in [-0.1, -0.05) is 19.4 Å². The summed E-state index contributed by atoms with van der Waals surface area (Å²) >= 11 is 0. The maximum absolute atomic E-state index is 12.3. The van der Waals surface area contributed by atoms with Crippen LogP contribution in [0.1, 0.15) is 71.6 Å². The number of esters is 1. The van der Waals surface area contributed by atoms with E-state index in [1.807, 2.05) is 0 Å². The molecule has 5 aliphatic rings. The summed E-state index contributed by atoms with van der Waals surface area (Å²) in [6.45, 7) is 4.53. The molecule has 4 fully saturated rings. The normalized spacial score (nSPS) is 49.9. The summed E-state index contributed by atoms with van der Waals surface area (Å²) in [5.41, 5.74) is 0.493. The number of hydrogen-bond acceptors (Lipinski definition) is 4. The SMILES string of the molecule is C[C@]12CCC(=O)C=C1C[C@@H](C(=O)O)C1C2CC[C@@]2(C)C1CC[C@@]21CCC(=O)O1. The number of allylic oxidation sites excluding steroid dienone is 1. The van der Waals surface area contributed by atoms with Crippen LogP contribution in [0.25, 0.3) is 0 Å². The highest BCUT2D eigenvalue weighted by Crippen LogP contribution is 2.70. The second kappa shape index (κ2) is 5.70. The van der Waals surface area contributed by atoms with E-state index in [2.05, 4.69) is 13.8 Å². The number of carbonyl (C=O) groups is 3. The van der Waals surface area contributed by atoms with Crippen molar-refractivity contribution in [2.75, 3.05) is 0 Å². The van der Waals surface area contributed by atoms with Gasteiger partial charge in [0.2, 0.25) is 0 Å². The topological polar surface area (TPSA) is 80.7 Å². The fraction of sp³-hybridized carbons (Fsp3) is 0.783. The van der Waals surface area contributed by atoms with Gasteiger partial charge in [-0.3, -0.25) is 14.4 Å². The average molecular weight is 386 g/mol. The molecule has 1 heterocycles. The van der Waals surface area contributed by atoms with E-state index in [1.165, 1.54) is 0 Å². The van der Waals surface area contributed by atoms with Crippen LogP contribution in [0.4, 0.5) is 0 Å². The zero-order valence-electron chi connectivity index (χ0n) is 16.8. The number of hydrogen-bond donors (Lipinski definition) is 1. The molecule has 3 unspecified atom stereocenters. The van der Waals surface area contributed by atoms with E-state index in [9.17, 15) is 19.5 Å². The Morgan fingerprint density at radius 3 is 2.50 bits per heavy atom. The molecule has 28 heavy (non-hydrogen) atoms. The maximum Gasteiger partial charge on any atom is 0.307 e. The van der Waals surface area contributed by atoms with Crippen molar-refractivity contribution in [3.8, 4) is 0 Å². The molecule has 152 valence electrons. The third-order valence-electron chi connectivity index (χ3n) is 9.66. The van der Waals surface area contributed by atoms with Gasteiger partial charge in [0.15, 0.2) is 5.78 Å². The lowest BCUT2D eigenvalue weighted by Gasteiger charge is -2.60. The zero-order chi connectivity index (χ0) is 19.9. The fourth-order valence-electron chi connectivity index (χ4n) is 8.11. The predicted octanol–water partition coefficient (Wildman–Crippen LogP) is 3.90. The van der Waals surface area contributed by atoms with Crippen LogP contribution in [0.3, 0.4) is 0 Å². The van der Waals surface area contributed by atoms with Crippen LogP contribution < -0.4 is 0 Å². The quantitative estimate of drug-likeness (QED) is 0.691. The van der Waals surface area contributed by atoms with Crippen LogP contribution in [0.15, 0.2) is 11.6 Å². The molecule has 7 atom stereocenters. The van der Waals surface area contributed by atoms with Crippen molar-refractivity contribution in [3.63, 3.8) is 0 Å². The Hall–Kier alpha value is -1.65. The summed E-state index contributed by atoms with van der Waals surface area (Å²) in [5, 5.41) is 10.1. The summed E-state index contributed by atoms with van der Waals surface area (Å²) in [7, 11) is 0. The van der Waals surface area contributed by atoms with Gasteiger partial charge in [0, 0.05) is 18.3 Å². The van der Waals surface area contributed by atoms with Gasteiger partial charge in [0.1, 0.15) is 5.60 Å². The van der Waals surface area contributed by atoms with E-state index in [0.29, 0.717) is 25.2 Å². The number of carbonyl (C=O) groups excluding carboxylic acids is 2. The summed E-state index contributed by atoms with van der Waals surface area (Å²) in [6, 6.07) is 0. The van der Waals surface area contributed by atoms with Crippen LogP contribution in [0.2, 0.25) is 0 Å². The van der Waals surface area contributed by atoms with Gasteiger partial charge < -0.3 is 9.84 Å². The first-order valence-electron chi connectivity index (χ1n) is 10.9. The highest BCUT2D eigenvalue weighted by molar-refractivity contribution is 5.92. The van der Waals surface area contributed by atoms with Gasteiger partial charge in [-0.2, -0.15) is 0 Å². The highest BCUT2D eigenvalue weighted by Gasteiger charge is 2.68. The lowest BCUT2D eigenvalue weighted by Crippen LogP contribution is -2.58. The average Bonchev–Trinajstić information content (AvgIpc) is 3.16. The smallest absolute Gasteiger partial charge is 0.307 e. The predicted molar refractivity (Wildman–Crippen MR) is 101 cm³/mol. The van der Waals surface area contributed by atoms with Crippen LogP contribution in [-0.2, 0) is 19.1 Å². The molecule has 1 aliphatic heterocycles. The van der Waals surface area contributed by atoms with Crippen LogP contribution in [0, 0.1) is 34.5 Å². The largest absolute Gasteiger partial charge is 0.481 e. The summed E-state index contributed by atoms with van der Waals surface area (Å²) in [5.74, 6) is -0.443. The number of carboxylic acid groups (broad SMARTS) is 1. The summed E-state index contributed by atoms with van der Waals surface area (Å²) in [4.78, 5) is 36.4. The molecule has 1 saturated heterocycles. The molecule has 0 radical (unpaired) electrons. The lowest BCUT2D eigenvalue weighted by molar-refractivity contribution is -0.176. The van der Waals surface area contributed by atoms with Gasteiger partial charge >= 0.3 is 11.9 Å². The molecule has 0 aromatic rings. The van der Waals surface area contributed by atoms with E-state index >= 15 is 0 Å². The molecule has 3 saturated carbocycles. The first kappa shape index (κ1) is 18.4. The van der Waals surface area contributed by atoms with Crippen LogP contribution in [0.5, 0.6) is 0 Å². The van der Waals surface area contributed by atoms with Crippen molar-refractivity contribution >= 4 is 17.7 Å². The number of ketones is 1. The molecular formula is C23H30O5. The Morgan fingerprint density at radius 1 is 1.07 bits per heavy atom. The van der Waals surface area contributed by atoms with Gasteiger partial charge in [-0.25, -0.2) is 0 Å².